The highest BCUT2D eigenvalue weighted by molar-refractivity contribution is 7.90. The summed E-state index contributed by atoms with van der Waals surface area (Å²) < 4.78 is 26.0. The molecule has 0 spiro atoms. The number of nitrogens with zero attached hydrogens (tertiary/aromatic N) is 2. The van der Waals surface area contributed by atoms with Gasteiger partial charge in [-0.15, -0.1) is 0 Å². The molecule has 0 saturated carbocycles. The predicted molar refractivity (Wildman–Crippen MR) is 55.5 cm³/mol. The summed E-state index contributed by atoms with van der Waals surface area (Å²) >= 11 is 5.73. The molecule has 0 aliphatic heterocycles. The molecule has 0 aromatic carbocycles. The molecule has 14 heavy (non-hydrogen) atoms. The van der Waals surface area contributed by atoms with E-state index in [1.807, 2.05) is 0 Å². The summed E-state index contributed by atoms with van der Waals surface area (Å²) in [4.78, 5) is 3.80. The molecular formula is C7H10ClN3O2S. The molecule has 0 aliphatic carbocycles. The number of anilines is 1. The van der Waals surface area contributed by atoms with Crippen LogP contribution in [0.5, 0.6) is 0 Å². The van der Waals surface area contributed by atoms with Crippen LogP contribution in [0.25, 0.3) is 0 Å². The molecule has 1 aromatic rings. The number of hydrogen-bond donors (Lipinski definition) is 1. The third kappa shape index (κ3) is 2.57. The Morgan fingerprint density at radius 1 is 1.50 bits per heavy atom. The standard InChI is InChI=1S/C7H10ClN3O2S/c1-11(2)14(12,13)10-7-6(8)4-3-5-9-7/h3-5H,1-2H3,(H,9,10). The lowest BCUT2D eigenvalue weighted by atomic mass is 10.5. The van der Waals surface area contributed by atoms with Gasteiger partial charge in [-0.2, -0.15) is 12.7 Å². The fourth-order valence-electron chi connectivity index (χ4n) is 0.674. The van der Waals surface area contributed by atoms with Crippen LogP contribution in [-0.4, -0.2) is 31.8 Å². The van der Waals surface area contributed by atoms with Crippen LogP contribution in [-0.2, 0) is 10.2 Å². The first-order valence-corrected chi connectivity index (χ1v) is 5.56. The minimum atomic E-state index is -3.54. The Kier molecular flexibility index (Phi) is 3.30. The lowest BCUT2D eigenvalue weighted by molar-refractivity contribution is 0.526. The molecule has 5 nitrogen and oxygen atoms in total. The van der Waals surface area contributed by atoms with Gasteiger partial charge in [-0.25, -0.2) is 4.98 Å². The van der Waals surface area contributed by atoms with Gasteiger partial charge < -0.3 is 0 Å². The van der Waals surface area contributed by atoms with Crippen molar-refractivity contribution in [2.75, 3.05) is 18.8 Å². The van der Waals surface area contributed by atoms with Gasteiger partial charge in [0.2, 0.25) is 0 Å². The maximum absolute atomic E-state index is 11.4. The zero-order chi connectivity index (χ0) is 10.8. The number of aromatic nitrogens is 1. The largest absolute Gasteiger partial charge is 0.302 e. The van der Waals surface area contributed by atoms with Crippen LogP contribution in [0.2, 0.25) is 5.02 Å². The predicted octanol–water partition coefficient (Wildman–Crippen LogP) is 0.953. The third-order valence-corrected chi connectivity index (χ3v) is 3.18. The molecule has 1 heterocycles. The topological polar surface area (TPSA) is 62.3 Å². The third-order valence-electron chi connectivity index (χ3n) is 1.46. The van der Waals surface area contributed by atoms with Crippen molar-refractivity contribution in [1.82, 2.24) is 9.29 Å². The summed E-state index contributed by atoms with van der Waals surface area (Å²) in [5.74, 6) is 0.128. The Balaban J connectivity index is 2.96. The molecule has 0 fully saturated rings. The van der Waals surface area contributed by atoms with Gasteiger partial charge >= 0.3 is 10.2 Å². The van der Waals surface area contributed by atoms with E-state index >= 15 is 0 Å². The van der Waals surface area contributed by atoms with E-state index in [1.54, 1.807) is 12.1 Å². The molecule has 0 unspecified atom stereocenters. The summed E-state index contributed by atoms with van der Waals surface area (Å²) in [7, 11) is -0.706. The Morgan fingerprint density at radius 2 is 2.14 bits per heavy atom. The SMILES string of the molecule is CN(C)S(=O)(=O)Nc1ncccc1Cl. The molecule has 0 saturated heterocycles. The molecule has 7 heteroatoms. The first-order valence-electron chi connectivity index (χ1n) is 3.74. The first kappa shape index (κ1) is 11.2. The van der Waals surface area contributed by atoms with E-state index < -0.39 is 10.2 Å². The highest BCUT2D eigenvalue weighted by Gasteiger charge is 2.14. The highest BCUT2D eigenvalue weighted by atomic mass is 35.5. The fraction of sp³-hybridized carbons (Fsp3) is 0.286. The van der Waals surface area contributed by atoms with Gasteiger partial charge in [0.05, 0.1) is 5.02 Å². The van der Waals surface area contributed by atoms with Crippen LogP contribution in [0.4, 0.5) is 5.82 Å². The summed E-state index contributed by atoms with van der Waals surface area (Å²) in [5.41, 5.74) is 0. The Morgan fingerprint density at radius 3 is 2.64 bits per heavy atom. The molecular weight excluding hydrogens is 226 g/mol. The van der Waals surface area contributed by atoms with E-state index in [0.717, 1.165) is 4.31 Å². The second-order valence-corrected chi connectivity index (χ2v) is 5.02. The van der Waals surface area contributed by atoms with Crippen molar-refractivity contribution in [2.45, 2.75) is 0 Å². The summed E-state index contributed by atoms with van der Waals surface area (Å²) in [5, 5.41) is 0.262. The average molecular weight is 236 g/mol. The van der Waals surface area contributed by atoms with Gasteiger partial charge in [0.25, 0.3) is 0 Å². The van der Waals surface area contributed by atoms with Crippen LogP contribution < -0.4 is 4.72 Å². The molecule has 0 aliphatic rings. The minimum Gasteiger partial charge on any atom is -0.253 e. The summed E-state index contributed by atoms with van der Waals surface area (Å²) in [6.07, 6.45) is 1.46. The smallest absolute Gasteiger partial charge is 0.253 e. The lowest BCUT2D eigenvalue weighted by Gasteiger charge is -2.12. The van der Waals surface area contributed by atoms with Crippen molar-refractivity contribution in [3.63, 3.8) is 0 Å². The Hall–Kier alpha value is -0.850. The van der Waals surface area contributed by atoms with E-state index in [9.17, 15) is 8.42 Å². The van der Waals surface area contributed by atoms with Crippen molar-refractivity contribution in [3.05, 3.63) is 23.4 Å². The minimum absolute atomic E-state index is 0.128. The molecule has 1 N–H and O–H groups in total. The zero-order valence-corrected chi connectivity index (χ0v) is 9.30. The van der Waals surface area contributed by atoms with Crippen LogP contribution in [0.1, 0.15) is 0 Å². The number of halogens is 1. The van der Waals surface area contributed by atoms with Crippen LogP contribution in [0.15, 0.2) is 18.3 Å². The van der Waals surface area contributed by atoms with E-state index in [1.165, 1.54) is 20.3 Å². The van der Waals surface area contributed by atoms with Crippen LogP contribution in [0, 0.1) is 0 Å². The van der Waals surface area contributed by atoms with Crippen LogP contribution in [0.3, 0.4) is 0 Å². The first-order chi connectivity index (χ1) is 6.43. The second-order valence-electron chi connectivity index (χ2n) is 2.72. The molecule has 1 rings (SSSR count). The summed E-state index contributed by atoms with van der Waals surface area (Å²) in [6.45, 7) is 0. The second kappa shape index (κ2) is 4.12. The number of rotatable bonds is 3. The maximum atomic E-state index is 11.4. The highest BCUT2D eigenvalue weighted by Crippen LogP contribution is 2.18. The van der Waals surface area contributed by atoms with Gasteiger partial charge in [0.1, 0.15) is 0 Å². The molecule has 0 amide bonds. The lowest BCUT2D eigenvalue weighted by Crippen LogP contribution is -2.29. The van der Waals surface area contributed by atoms with E-state index in [4.69, 9.17) is 11.6 Å². The summed E-state index contributed by atoms with van der Waals surface area (Å²) in [6, 6.07) is 3.18. The van der Waals surface area contributed by atoms with Crippen molar-refractivity contribution in [1.29, 1.82) is 0 Å². The van der Waals surface area contributed by atoms with Gasteiger partial charge in [-0.1, -0.05) is 11.6 Å². The molecule has 1 aromatic heterocycles. The Labute approximate surface area is 87.9 Å². The molecule has 0 radical (unpaired) electrons. The van der Waals surface area contributed by atoms with Crippen molar-refractivity contribution in [2.24, 2.45) is 0 Å². The van der Waals surface area contributed by atoms with Crippen LogP contribution >= 0.6 is 11.6 Å². The van der Waals surface area contributed by atoms with E-state index in [2.05, 4.69) is 9.71 Å². The van der Waals surface area contributed by atoms with Gasteiger partial charge in [-0.05, 0) is 12.1 Å². The van der Waals surface area contributed by atoms with E-state index in [0.29, 0.717) is 0 Å². The fourth-order valence-corrected chi connectivity index (χ4v) is 1.49. The molecule has 78 valence electrons. The van der Waals surface area contributed by atoms with E-state index in [-0.39, 0.29) is 10.8 Å². The van der Waals surface area contributed by atoms with Gasteiger partial charge in [-0.3, -0.25) is 4.72 Å². The number of hydrogen-bond acceptors (Lipinski definition) is 3. The maximum Gasteiger partial charge on any atom is 0.302 e. The van der Waals surface area contributed by atoms with Crippen molar-refractivity contribution < 1.29 is 8.42 Å². The van der Waals surface area contributed by atoms with Gasteiger partial charge in [0.15, 0.2) is 5.82 Å². The zero-order valence-electron chi connectivity index (χ0n) is 7.73. The van der Waals surface area contributed by atoms with Crippen molar-refractivity contribution >= 4 is 27.6 Å². The van der Waals surface area contributed by atoms with Gasteiger partial charge in [0, 0.05) is 20.3 Å². The average Bonchev–Trinajstić information content (AvgIpc) is 2.08. The number of nitrogens with one attached hydrogen (secondary N) is 1. The van der Waals surface area contributed by atoms with Crippen molar-refractivity contribution in [3.8, 4) is 0 Å². The number of pyridine rings is 1. The normalized spacial score (nSPS) is 11.7. The monoisotopic (exact) mass is 235 g/mol. The molecule has 0 atom stereocenters. The Bertz CT molecular complexity index is 419. The molecule has 0 bridgehead atoms. The quantitative estimate of drug-likeness (QED) is 0.849.